The van der Waals surface area contributed by atoms with Crippen molar-refractivity contribution in [2.75, 3.05) is 6.54 Å². The Hall–Kier alpha value is -0.960. The van der Waals surface area contributed by atoms with Crippen LogP contribution >= 0.6 is 23.2 Å². The average molecular weight is 298 g/mol. The molecule has 1 aromatic heterocycles. The molecule has 0 aliphatic heterocycles. The molecule has 0 saturated carbocycles. The Labute approximate surface area is 123 Å². The molecule has 102 valence electrons. The van der Waals surface area contributed by atoms with Crippen molar-refractivity contribution >= 4 is 23.2 Å². The SMILES string of the molecule is CCCNC(c1ccc(C)o1)c1cc(Cl)ccc1Cl. The number of rotatable bonds is 5. The maximum Gasteiger partial charge on any atom is 0.125 e. The summed E-state index contributed by atoms with van der Waals surface area (Å²) >= 11 is 12.4. The van der Waals surface area contributed by atoms with Crippen LogP contribution in [0.1, 0.15) is 36.5 Å². The van der Waals surface area contributed by atoms with Crippen molar-refractivity contribution in [3.63, 3.8) is 0 Å². The monoisotopic (exact) mass is 297 g/mol. The normalized spacial score (nSPS) is 12.6. The number of halogens is 2. The molecule has 1 aromatic carbocycles. The van der Waals surface area contributed by atoms with Gasteiger partial charge in [0.1, 0.15) is 11.5 Å². The molecular weight excluding hydrogens is 281 g/mol. The molecule has 0 radical (unpaired) electrons. The molecular formula is C15H17Cl2NO. The summed E-state index contributed by atoms with van der Waals surface area (Å²) in [5.74, 6) is 1.74. The first-order valence-electron chi connectivity index (χ1n) is 6.36. The number of benzene rings is 1. The van der Waals surface area contributed by atoms with E-state index in [1.807, 2.05) is 31.2 Å². The van der Waals surface area contributed by atoms with Gasteiger partial charge in [0.2, 0.25) is 0 Å². The van der Waals surface area contributed by atoms with Crippen LogP contribution < -0.4 is 5.32 Å². The molecule has 1 atom stereocenters. The summed E-state index contributed by atoms with van der Waals surface area (Å²) in [6.45, 7) is 4.93. The Morgan fingerprint density at radius 1 is 1.21 bits per heavy atom. The maximum atomic E-state index is 6.29. The summed E-state index contributed by atoms with van der Waals surface area (Å²) in [6, 6.07) is 9.34. The van der Waals surface area contributed by atoms with Crippen molar-refractivity contribution in [1.29, 1.82) is 0 Å². The van der Waals surface area contributed by atoms with Gasteiger partial charge in [-0.25, -0.2) is 0 Å². The minimum Gasteiger partial charge on any atom is -0.464 e. The van der Waals surface area contributed by atoms with Gasteiger partial charge in [0.15, 0.2) is 0 Å². The Morgan fingerprint density at radius 3 is 2.63 bits per heavy atom. The number of nitrogens with one attached hydrogen (secondary N) is 1. The van der Waals surface area contributed by atoms with Crippen molar-refractivity contribution in [3.05, 3.63) is 57.5 Å². The van der Waals surface area contributed by atoms with Crippen LogP contribution in [0.4, 0.5) is 0 Å². The van der Waals surface area contributed by atoms with Gasteiger partial charge in [0, 0.05) is 10.0 Å². The van der Waals surface area contributed by atoms with E-state index >= 15 is 0 Å². The van der Waals surface area contributed by atoms with Gasteiger partial charge in [-0.1, -0.05) is 30.1 Å². The summed E-state index contributed by atoms with van der Waals surface area (Å²) in [5, 5.41) is 4.81. The fraction of sp³-hybridized carbons (Fsp3) is 0.333. The van der Waals surface area contributed by atoms with Gasteiger partial charge >= 0.3 is 0 Å². The van der Waals surface area contributed by atoms with Crippen LogP contribution in [0.25, 0.3) is 0 Å². The van der Waals surface area contributed by atoms with Gasteiger partial charge in [0.25, 0.3) is 0 Å². The highest BCUT2D eigenvalue weighted by Gasteiger charge is 2.19. The van der Waals surface area contributed by atoms with Crippen molar-refractivity contribution in [2.45, 2.75) is 26.3 Å². The number of hydrogen-bond acceptors (Lipinski definition) is 2. The van der Waals surface area contributed by atoms with Crippen molar-refractivity contribution in [2.24, 2.45) is 0 Å². The third kappa shape index (κ3) is 3.53. The van der Waals surface area contributed by atoms with E-state index in [-0.39, 0.29) is 6.04 Å². The lowest BCUT2D eigenvalue weighted by Gasteiger charge is -2.18. The van der Waals surface area contributed by atoms with Crippen LogP contribution in [0, 0.1) is 6.92 Å². The van der Waals surface area contributed by atoms with Gasteiger partial charge in [0.05, 0.1) is 6.04 Å². The average Bonchev–Trinajstić information content (AvgIpc) is 2.80. The van der Waals surface area contributed by atoms with Crippen LogP contribution in [-0.4, -0.2) is 6.54 Å². The fourth-order valence-electron chi connectivity index (χ4n) is 2.00. The second kappa shape index (κ2) is 6.47. The zero-order valence-corrected chi connectivity index (χ0v) is 12.6. The quantitative estimate of drug-likeness (QED) is 0.841. The summed E-state index contributed by atoms with van der Waals surface area (Å²) < 4.78 is 5.73. The van der Waals surface area contributed by atoms with Crippen LogP contribution in [0.2, 0.25) is 10.0 Å². The smallest absolute Gasteiger partial charge is 0.125 e. The van der Waals surface area contributed by atoms with Crippen molar-refractivity contribution in [1.82, 2.24) is 5.32 Å². The zero-order valence-electron chi connectivity index (χ0n) is 11.0. The van der Waals surface area contributed by atoms with Crippen molar-refractivity contribution in [3.8, 4) is 0 Å². The minimum absolute atomic E-state index is 0.0696. The van der Waals surface area contributed by atoms with E-state index in [4.69, 9.17) is 27.6 Å². The molecule has 0 spiro atoms. The molecule has 4 heteroatoms. The summed E-state index contributed by atoms with van der Waals surface area (Å²) in [7, 11) is 0. The van der Waals surface area contributed by atoms with Crippen LogP contribution in [0.5, 0.6) is 0 Å². The highest BCUT2D eigenvalue weighted by molar-refractivity contribution is 6.33. The molecule has 2 nitrogen and oxygen atoms in total. The van der Waals surface area contributed by atoms with Gasteiger partial charge in [-0.2, -0.15) is 0 Å². The van der Waals surface area contributed by atoms with E-state index in [1.165, 1.54) is 0 Å². The number of hydrogen-bond donors (Lipinski definition) is 1. The molecule has 1 heterocycles. The molecule has 0 aliphatic rings. The van der Waals surface area contributed by atoms with Gasteiger partial charge in [-0.05, 0) is 55.8 Å². The van der Waals surface area contributed by atoms with Crippen LogP contribution in [-0.2, 0) is 0 Å². The van der Waals surface area contributed by atoms with E-state index in [9.17, 15) is 0 Å². The Kier molecular flexibility index (Phi) is 4.92. The first-order valence-corrected chi connectivity index (χ1v) is 7.12. The molecule has 0 bridgehead atoms. The molecule has 19 heavy (non-hydrogen) atoms. The molecule has 2 rings (SSSR count). The maximum absolute atomic E-state index is 6.29. The predicted molar refractivity (Wildman–Crippen MR) is 80.0 cm³/mol. The highest BCUT2D eigenvalue weighted by Crippen LogP contribution is 2.31. The van der Waals surface area contributed by atoms with Crippen LogP contribution in [0.15, 0.2) is 34.7 Å². The molecule has 0 saturated heterocycles. The second-order valence-electron chi connectivity index (χ2n) is 4.50. The lowest BCUT2D eigenvalue weighted by Crippen LogP contribution is -2.23. The summed E-state index contributed by atoms with van der Waals surface area (Å²) in [6.07, 6.45) is 1.04. The third-order valence-corrected chi connectivity index (χ3v) is 3.49. The molecule has 0 amide bonds. The van der Waals surface area contributed by atoms with E-state index in [0.717, 1.165) is 30.0 Å². The largest absolute Gasteiger partial charge is 0.464 e. The zero-order chi connectivity index (χ0) is 13.8. The Bertz CT molecular complexity index is 551. The standard InChI is InChI=1S/C15H17Cl2NO/c1-3-8-18-15(14-7-4-10(2)19-14)12-9-11(16)5-6-13(12)17/h4-7,9,15,18H,3,8H2,1-2H3. The van der Waals surface area contributed by atoms with E-state index < -0.39 is 0 Å². The van der Waals surface area contributed by atoms with Gasteiger partial charge in [-0.15, -0.1) is 0 Å². The topological polar surface area (TPSA) is 25.2 Å². The third-order valence-electron chi connectivity index (χ3n) is 2.91. The molecule has 0 aliphatic carbocycles. The lowest BCUT2D eigenvalue weighted by atomic mass is 10.0. The molecule has 1 N–H and O–H groups in total. The minimum atomic E-state index is -0.0696. The summed E-state index contributed by atoms with van der Waals surface area (Å²) in [4.78, 5) is 0. The van der Waals surface area contributed by atoms with E-state index in [2.05, 4.69) is 12.2 Å². The molecule has 1 unspecified atom stereocenters. The highest BCUT2D eigenvalue weighted by atomic mass is 35.5. The van der Waals surface area contributed by atoms with Crippen molar-refractivity contribution < 1.29 is 4.42 Å². The number of furan rings is 1. The first-order chi connectivity index (χ1) is 9.11. The Morgan fingerprint density at radius 2 is 2.00 bits per heavy atom. The van der Waals surface area contributed by atoms with Crippen LogP contribution in [0.3, 0.4) is 0 Å². The van der Waals surface area contributed by atoms with Gasteiger partial charge < -0.3 is 9.73 Å². The number of aryl methyl sites for hydroxylation is 1. The summed E-state index contributed by atoms with van der Waals surface area (Å²) in [5.41, 5.74) is 0.942. The lowest BCUT2D eigenvalue weighted by molar-refractivity contribution is 0.430. The second-order valence-corrected chi connectivity index (χ2v) is 5.35. The predicted octanol–water partition coefficient (Wildman–Crippen LogP) is 4.98. The van der Waals surface area contributed by atoms with E-state index in [0.29, 0.717) is 10.0 Å². The fourth-order valence-corrected chi connectivity index (χ4v) is 2.40. The molecule has 0 fully saturated rings. The first kappa shape index (κ1) is 14.4. The molecule has 2 aromatic rings. The van der Waals surface area contributed by atoms with Gasteiger partial charge in [-0.3, -0.25) is 0 Å². The van der Waals surface area contributed by atoms with E-state index in [1.54, 1.807) is 6.07 Å². The Balaban J connectivity index is 2.39.